The fourth-order valence-electron chi connectivity index (χ4n) is 3.44. The van der Waals surface area contributed by atoms with E-state index in [9.17, 15) is 0 Å². The maximum absolute atomic E-state index is 6.07. The van der Waals surface area contributed by atoms with Crippen LogP contribution in [-0.4, -0.2) is 16.4 Å². The highest BCUT2D eigenvalue weighted by atomic mass is 16.5. The van der Waals surface area contributed by atoms with Crippen molar-refractivity contribution in [2.24, 2.45) is 0 Å². The van der Waals surface area contributed by atoms with Gasteiger partial charge in [0.25, 0.3) is 0 Å². The maximum atomic E-state index is 6.07. The fraction of sp³-hybridized carbons (Fsp3) is 0.192. The molecule has 146 valence electrons. The number of hydrogen-bond acceptors (Lipinski definition) is 2. The van der Waals surface area contributed by atoms with Crippen LogP contribution in [0.25, 0.3) is 28.2 Å². The minimum absolute atomic E-state index is 0.720. The molecule has 0 bridgehead atoms. The summed E-state index contributed by atoms with van der Waals surface area (Å²) in [6.45, 7) is 5.01. The van der Waals surface area contributed by atoms with E-state index in [1.807, 2.05) is 28.9 Å². The lowest BCUT2D eigenvalue weighted by Crippen LogP contribution is -2.02. The number of rotatable bonds is 7. The quantitative estimate of drug-likeness (QED) is 0.333. The van der Waals surface area contributed by atoms with Crippen molar-refractivity contribution in [3.63, 3.8) is 0 Å². The van der Waals surface area contributed by atoms with Gasteiger partial charge in [0.2, 0.25) is 0 Å². The van der Waals surface area contributed by atoms with Crippen LogP contribution in [-0.2, 0) is 0 Å². The predicted molar refractivity (Wildman–Crippen MR) is 120 cm³/mol. The summed E-state index contributed by atoms with van der Waals surface area (Å²) in [7, 11) is 0. The first-order chi connectivity index (χ1) is 14.3. The second-order valence-electron chi connectivity index (χ2n) is 7.18. The average molecular weight is 383 g/mol. The van der Waals surface area contributed by atoms with Crippen molar-refractivity contribution in [3.8, 4) is 34.0 Å². The number of para-hydroxylation sites is 2. The van der Waals surface area contributed by atoms with Gasteiger partial charge in [-0.25, -0.2) is 4.68 Å². The number of aryl methyl sites for hydroxylation is 1. The van der Waals surface area contributed by atoms with Crippen molar-refractivity contribution >= 4 is 0 Å². The summed E-state index contributed by atoms with van der Waals surface area (Å²) >= 11 is 0. The average Bonchev–Trinajstić information content (AvgIpc) is 3.20. The molecule has 1 aromatic heterocycles. The van der Waals surface area contributed by atoms with Crippen LogP contribution in [0.5, 0.6) is 5.75 Å². The first-order valence-corrected chi connectivity index (χ1v) is 10.2. The van der Waals surface area contributed by atoms with E-state index in [1.165, 1.54) is 5.56 Å². The molecule has 0 fully saturated rings. The zero-order chi connectivity index (χ0) is 20.1. The molecule has 3 nitrogen and oxygen atoms in total. The van der Waals surface area contributed by atoms with E-state index >= 15 is 0 Å². The summed E-state index contributed by atoms with van der Waals surface area (Å²) < 4.78 is 8.11. The van der Waals surface area contributed by atoms with Gasteiger partial charge < -0.3 is 4.74 Å². The number of benzene rings is 3. The molecule has 1 heterocycles. The Kier molecular flexibility index (Phi) is 5.76. The molecular weight excluding hydrogens is 356 g/mol. The van der Waals surface area contributed by atoms with Crippen LogP contribution < -0.4 is 4.74 Å². The molecule has 4 aromatic rings. The van der Waals surface area contributed by atoms with Crippen LogP contribution in [0.1, 0.15) is 25.3 Å². The maximum Gasteiger partial charge on any atom is 0.128 e. The Hall–Kier alpha value is -3.33. The zero-order valence-corrected chi connectivity index (χ0v) is 17.0. The normalized spacial score (nSPS) is 10.8. The van der Waals surface area contributed by atoms with Crippen LogP contribution in [0.4, 0.5) is 0 Å². The molecule has 0 saturated heterocycles. The third-order valence-corrected chi connectivity index (χ3v) is 5.04. The summed E-state index contributed by atoms with van der Waals surface area (Å²) in [4.78, 5) is 0. The molecule has 4 rings (SSSR count). The number of ether oxygens (including phenoxy) is 1. The lowest BCUT2D eigenvalue weighted by atomic mass is 10.1. The summed E-state index contributed by atoms with van der Waals surface area (Å²) in [5.41, 5.74) is 6.42. The van der Waals surface area contributed by atoms with Gasteiger partial charge in [-0.2, -0.15) is 5.10 Å². The number of hydrogen-bond donors (Lipinski definition) is 0. The highest BCUT2D eigenvalue weighted by molar-refractivity contribution is 5.74. The Labute approximate surface area is 172 Å². The van der Waals surface area contributed by atoms with Crippen molar-refractivity contribution in [3.05, 3.63) is 90.5 Å². The van der Waals surface area contributed by atoms with Crippen molar-refractivity contribution in [1.82, 2.24) is 9.78 Å². The highest BCUT2D eigenvalue weighted by Gasteiger charge is 2.16. The number of aromatic nitrogens is 2. The molecule has 0 aliphatic rings. The first-order valence-electron chi connectivity index (χ1n) is 10.2. The zero-order valence-electron chi connectivity index (χ0n) is 17.0. The minimum atomic E-state index is 0.720. The van der Waals surface area contributed by atoms with Gasteiger partial charge >= 0.3 is 0 Å². The third-order valence-electron chi connectivity index (χ3n) is 5.04. The van der Waals surface area contributed by atoms with Gasteiger partial charge in [-0.1, -0.05) is 74.0 Å². The Bertz CT molecular complexity index is 1080. The van der Waals surface area contributed by atoms with Gasteiger partial charge in [-0.15, -0.1) is 0 Å². The molecular formula is C26H26N2O. The van der Waals surface area contributed by atoms with Gasteiger partial charge in [0, 0.05) is 11.1 Å². The summed E-state index contributed by atoms with van der Waals surface area (Å²) in [5, 5.41) is 5.01. The standard InChI is InChI=1S/C26H26N2O/c1-3-4-18-29-26-17-11-9-15-22(26)23-19-25(21-13-6-5-7-14-21)28(27-23)24-16-10-8-12-20(24)2/h5-17,19H,3-4,18H2,1-2H3. The molecule has 0 unspecified atom stereocenters. The van der Waals surface area contributed by atoms with Crippen molar-refractivity contribution in [2.45, 2.75) is 26.7 Å². The molecule has 29 heavy (non-hydrogen) atoms. The SMILES string of the molecule is CCCCOc1ccccc1-c1cc(-c2ccccc2)n(-c2ccccc2C)n1. The minimum Gasteiger partial charge on any atom is -0.493 e. The topological polar surface area (TPSA) is 27.1 Å². The van der Waals surface area contributed by atoms with Gasteiger partial charge in [0.15, 0.2) is 0 Å². The lowest BCUT2D eigenvalue weighted by Gasteiger charge is -2.10. The van der Waals surface area contributed by atoms with Gasteiger partial charge in [-0.3, -0.25) is 0 Å². The molecule has 3 aromatic carbocycles. The molecule has 0 aliphatic heterocycles. The van der Waals surface area contributed by atoms with E-state index in [4.69, 9.17) is 9.84 Å². The highest BCUT2D eigenvalue weighted by Crippen LogP contribution is 2.34. The summed E-state index contributed by atoms with van der Waals surface area (Å²) in [6.07, 6.45) is 2.16. The van der Waals surface area contributed by atoms with Crippen LogP contribution >= 0.6 is 0 Å². The van der Waals surface area contributed by atoms with Crippen molar-refractivity contribution in [2.75, 3.05) is 6.61 Å². The number of unbranched alkanes of at least 4 members (excludes halogenated alkanes) is 1. The smallest absolute Gasteiger partial charge is 0.128 e. The Balaban J connectivity index is 1.84. The van der Waals surface area contributed by atoms with Crippen molar-refractivity contribution < 1.29 is 4.74 Å². The predicted octanol–water partition coefficient (Wildman–Crippen LogP) is 6.69. The summed E-state index contributed by atoms with van der Waals surface area (Å²) in [6, 6.07) is 29.1. The molecule has 0 N–H and O–H groups in total. The molecule has 0 spiro atoms. The Morgan fingerprint density at radius 2 is 1.59 bits per heavy atom. The van der Waals surface area contributed by atoms with E-state index < -0.39 is 0 Å². The van der Waals surface area contributed by atoms with E-state index in [2.05, 4.69) is 74.5 Å². The van der Waals surface area contributed by atoms with Gasteiger partial charge in [0.1, 0.15) is 5.75 Å². The van der Waals surface area contributed by atoms with Crippen LogP contribution in [0.3, 0.4) is 0 Å². The van der Waals surface area contributed by atoms with E-state index in [0.29, 0.717) is 0 Å². The van der Waals surface area contributed by atoms with Gasteiger partial charge in [0.05, 0.1) is 23.7 Å². The van der Waals surface area contributed by atoms with Crippen LogP contribution in [0.15, 0.2) is 84.9 Å². The molecule has 0 saturated carbocycles. The second-order valence-corrected chi connectivity index (χ2v) is 7.18. The second kappa shape index (κ2) is 8.78. The Morgan fingerprint density at radius 3 is 2.38 bits per heavy atom. The monoisotopic (exact) mass is 382 g/mol. The molecule has 0 radical (unpaired) electrons. The molecule has 0 aliphatic carbocycles. The Morgan fingerprint density at radius 1 is 0.862 bits per heavy atom. The first kappa shape index (κ1) is 19.0. The number of nitrogens with zero attached hydrogens (tertiary/aromatic N) is 2. The van der Waals surface area contributed by atoms with Crippen LogP contribution in [0, 0.1) is 6.92 Å². The van der Waals surface area contributed by atoms with Crippen molar-refractivity contribution in [1.29, 1.82) is 0 Å². The molecule has 0 atom stereocenters. The van der Waals surface area contributed by atoms with E-state index in [1.54, 1.807) is 0 Å². The molecule has 3 heteroatoms. The third kappa shape index (κ3) is 4.09. The largest absolute Gasteiger partial charge is 0.493 e. The van der Waals surface area contributed by atoms with Crippen LogP contribution in [0.2, 0.25) is 0 Å². The van der Waals surface area contributed by atoms with E-state index in [-0.39, 0.29) is 0 Å². The van der Waals surface area contributed by atoms with E-state index in [0.717, 1.165) is 53.4 Å². The summed E-state index contributed by atoms with van der Waals surface area (Å²) in [5.74, 6) is 0.884. The fourth-order valence-corrected chi connectivity index (χ4v) is 3.44. The lowest BCUT2D eigenvalue weighted by molar-refractivity contribution is 0.310. The van der Waals surface area contributed by atoms with Gasteiger partial charge in [-0.05, 0) is 43.2 Å². The molecule has 0 amide bonds.